The SMILES string of the molecule is C=CC(=O)N1CCN(c2nc(OCC[C@@H]3C[C@@H](C(O)COCCOCC(=O)N[C@H](C(=O)N4CC(O)CC4C(=O)N[C@@H](C)c4ccc(-c5scnc5C)cc4)C(C)(C)C)CN3)nc3c2CCN(c2cccc4ccccc24)C3)C[C@@H]1CC#N. The fraction of sp³-hybridized carbons (Fsp3) is 0.508. The van der Waals surface area contributed by atoms with Crippen LogP contribution in [-0.4, -0.2) is 167 Å². The molecule has 82 heavy (non-hydrogen) atoms. The number of ether oxygens (including phenoxy) is 3. The van der Waals surface area contributed by atoms with E-state index in [0.29, 0.717) is 58.6 Å². The molecule has 3 aromatic carbocycles. The molecule has 3 unspecified atom stereocenters. The molecule has 8 atom stereocenters. The smallest absolute Gasteiger partial charge is 0.318 e. The van der Waals surface area contributed by atoms with Crippen LogP contribution >= 0.6 is 11.3 Å². The first-order valence-corrected chi connectivity index (χ1v) is 29.3. The lowest BCUT2D eigenvalue weighted by molar-refractivity contribution is -0.144. The van der Waals surface area contributed by atoms with Crippen LogP contribution in [0.2, 0.25) is 0 Å². The minimum atomic E-state index is -1.01. The van der Waals surface area contributed by atoms with Crippen molar-refractivity contribution in [2.24, 2.45) is 11.3 Å². The normalized spacial score (nSPS) is 21.1. The number of nitrogens with zero attached hydrogens (tertiary/aromatic N) is 8. The van der Waals surface area contributed by atoms with Gasteiger partial charge in [0.25, 0.3) is 0 Å². The number of nitriles is 1. The van der Waals surface area contributed by atoms with Crippen LogP contribution in [-0.2, 0) is 41.6 Å². The molecule has 0 bridgehead atoms. The van der Waals surface area contributed by atoms with Gasteiger partial charge in [0.15, 0.2) is 0 Å². The third-order valence-corrected chi connectivity index (χ3v) is 17.1. The number of hydrogen-bond acceptors (Lipinski definition) is 17. The average Bonchev–Trinajstić information content (AvgIpc) is 3.85. The first-order chi connectivity index (χ1) is 39.5. The van der Waals surface area contributed by atoms with Crippen LogP contribution in [0.1, 0.15) is 81.9 Å². The summed E-state index contributed by atoms with van der Waals surface area (Å²) in [4.78, 5) is 77.0. The van der Waals surface area contributed by atoms with Crippen LogP contribution in [0.5, 0.6) is 6.01 Å². The summed E-state index contributed by atoms with van der Waals surface area (Å²) in [5.74, 6) is -0.862. The second-order valence-electron chi connectivity index (χ2n) is 22.9. The Morgan fingerprint density at radius 2 is 1.73 bits per heavy atom. The van der Waals surface area contributed by atoms with Crippen molar-refractivity contribution in [3.8, 4) is 22.5 Å². The molecule has 6 heterocycles. The zero-order valence-corrected chi connectivity index (χ0v) is 48.4. The highest BCUT2D eigenvalue weighted by Gasteiger charge is 2.45. The van der Waals surface area contributed by atoms with E-state index in [1.807, 2.05) is 70.5 Å². The summed E-state index contributed by atoms with van der Waals surface area (Å²) in [6, 6.07) is 22.6. The average molecular weight is 1140 g/mol. The van der Waals surface area contributed by atoms with Crippen molar-refractivity contribution in [1.82, 2.24) is 40.7 Å². The summed E-state index contributed by atoms with van der Waals surface area (Å²) < 4.78 is 17.8. The summed E-state index contributed by atoms with van der Waals surface area (Å²) in [5, 5.41) is 43.2. The molecule has 3 fully saturated rings. The number of aryl methyl sites for hydroxylation is 1. The van der Waals surface area contributed by atoms with Gasteiger partial charge in [-0.05, 0) is 67.2 Å². The van der Waals surface area contributed by atoms with Crippen molar-refractivity contribution in [2.45, 2.75) is 116 Å². The molecule has 0 radical (unpaired) electrons. The first-order valence-electron chi connectivity index (χ1n) is 28.4. The van der Waals surface area contributed by atoms with Crippen molar-refractivity contribution in [1.29, 1.82) is 5.26 Å². The van der Waals surface area contributed by atoms with Crippen molar-refractivity contribution < 1.29 is 43.6 Å². The molecule has 4 aliphatic heterocycles. The number of carbonyl (C=O) groups excluding carboxylic acids is 4. The lowest BCUT2D eigenvalue weighted by Gasteiger charge is -2.42. The topological polar surface area (TPSA) is 248 Å². The van der Waals surface area contributed by atoms with E-state index in [2.05, 4.69) is 79.8 Å². The fourth-order valence-electron chi connectivity index (χ4n) is 11.6. The molecule has 5 aromatic rings. The molecular weight excluding hydrogens is 1060 g/mol. The maximum atomic E-state index is 14.2. The van der Waals surface area contributed by atoms with Crippen LogP contribution in [0.15, 0.2) is 84.9 Å². The van der Waals surface area contributed by atoms with Gasteiger partial charge < -0.3 is 60.0 Å². The van der Waals surface area contributed by atoms with E-state index in [0.717, 1.165) is 56.4 Å². The van der Waals surface area contributed by atoms with Crippen LogP contribution in [0.3, 0.4) is 0 Å². The van der Waals surface area contributed by atoms with Gasteiger partial charge in [-0.3, -0.25) is 19.2 Å². The van der Waals surface area contributed by atoms with Crippen molar-refractivity contribution in [3.05, 3.63) is 107 Å². The van der Waals surface area contributed by atoms with E-state index in [-0.39, 0.29) is 87.7 Å². The molecule has 2 aromatic heterocycles. The quantitative estimate of drug-likeness (QED) is 0.0439. The molecule has 0 saturated carbocycles. The number of fused-ring (bicyclic) bond motifs is 2. The van der Waals surface area contributed by atoms with Crippen LogP contribution in [0, 0.1) is 29.6 Å². The van der Waals surface area contributed by atoms with Crippen molar-refractivity contribution in [3.63, 3.8) is 0 Å². The van der Waals surface area contributed by atoms with Gasteiger partial charge in [-0.1, -0.05) is 88.0 Å². The number of aliphatic hydroxyl groups excluding tert-OH is 2. The first kappa shape index (κ1) is 59.6. The lowest BCUT2D eigenvalue weighted by Crippen LogP contribution is -2.58. The second kappa shape index (κ2) is 26.9. The number of likely N-dealkylation sites (tertiary alicyclic amines) is 1. The van der Waals surface area contributed by atoms with Gasteiger partial charge in [0, 0.05) is 74.3 Å². The number of rotatable bonds is 22. The van der Waals surface area contributed by atoms with E-state index in [1.54, 1.807) is 16.2 Å². The standard InChI is InChI=1S/C61H77N11O9S/c1-7-54(76)71-25-24-70(32-45(71)19-22-62)57-48-20-23-69(50-14-10-12-41-11-8-9-13-47(41)50)34-49(48)66-60(68-57)81-26-21-44-29-43(31-63-44)52(74)35-79-27-28-80-36-53(75)67-56(61(4,5)6)59(78)72-33-46(73)30-51(72)58(77)65-38(2)40-15-17-42(18-16-40)55-39(3)64-37-82-55/h7-18,37-38,43-46,51-52,56,63,73-74H,1,19-21,23-36H2,2-6H3,(H,65,77)(H,67,75)/t38-,43+,44+,45-,46?,51?,52?,56+/m0/s1. The molecule has 0 spiro atoms. The Labute approximate surface area is 483 Å². The number of piperazine rings is 1. The molecule has 436 valence electrons. The second-order valence-corrected chi connectivity index (χ2v) is 23.8. The van der Waals surface area contributed by atoms with Gasteiger partial charge in [-0.25, -0.2) is 4.98 Å². The van der Waals surface area contributed by atoms with Gasteiger partial charge in [0.2, 0.25) is 23.6 Å². The lowest BCUT2D eigenvalue weighted by atomic mass is 9.85. The van der Waals surface area contributed by atoms with Gasteiger partial charge in [-0.2, -0.15) is 15.2 Å². The van der Waals surface area contributed by atoms with E-state index in [1.165, 1.54) is 16.4 Å². The number of β-amino-alcohol motifs (C(OH)–C–C–N with tert-alkyl or cyclic N) is 1. The Morgan fingerprint density at radius 1 is 0.951 bits per heavy atom. The Balaban J connectivity index is 0.720. The molecule has 20 nitrogen and oxygen atoms in total. The Hall–Kier alpha value is -7.06. The summed E-state index contributed by atoms with van der Waals surface area (Å²) in [7, 11) is 0. The fourth-order valence-corrected chi connectivity index (χ4v) is 12.4. The third kappa shape index (κ3) is 14.2. The zero-order valence-electron chi connectivity index (χ0n) is 47.6. The number of aliphatic hydroxyl groups is 2. The highest BCUT2D eigenvalue weighted by Crippen LogP contribution is 2.36. The number of anilines is 2. The van der Waals surface area contributed by atoms with Gasteiger partial charge >= 0.3 is 6.01 Å². The molecule has 4 amide bonds. The predicted molar refractivity (Wildman–Crippen MR) is 313 cm³/mol. The third-order valence-electron chi connectivity index (χ3n) is 16.1. The zero-order chi connectivity index (χ0) is 58.1. The maximum absolute atomic E-state index is 14.2. The molecule has 21 heteroatoms. The summed E-state index contributed by atoms with van der Waals surface area (Å²) in [5.41, 5.74) is 7.00. The molecule has 9 rings (SSSR count). The Morgan fingerprint density at radius 3 is 2.49 bits per heavy atom. The molecule has 4 aliphatic rings. The predicted octanol–water partition coefficient (Wildman–Crippen LogP) is 5.25. The van der Waals surface area contributed by atoms with Crippen molar-refractivity contribution in [2.75, 3.05) is 82.1 Å². The van der Waals surface area contributed by atoms with Crippen LogP contribution in [0.4, 0.5) is 11.5 Å². The number of aromatic nitrogens is 3. The van der Waals surface area contributed by atoms with Crippen LogP contribution < -0.4 is 30.5 Å². The van der Waals surface area contributed by atoms with E-state index in [4.69, 9.17) is 24.2 Å². The number of carbonyl (C=O) groups is 4. The van der Waals surface area contributed by atoms with Gasteiger partial charge in [-0.15, -0.1) is 11.3 Å². The van der Waals surface area contributed by atoms with Gasteiger partial charge in [0.1, 0.15) is 24.5 Å². The van der Waals surface area contributed by atoms with E-state index in [9.17, 15) is 34.7 Å². The molecular formula is C61H77N11O9S. The largest absolute Gasteiger partial charge is 0.463 e. The minimum Gasteiger partial charge on any atom is -0.463 e. The Kier molecular flexibility index (Phi) is 19.5. The summed E-state index contributed by atoms with van der Waals surface area (Å²) >= 11 is 1.57. The molecule has 5 N–H and O–H groups in total. The summed E-state index contributed by atoms with van der Waals surface area (Å²) in [6.07, 6.45) is 1.96. The molecule has 3 saturated heterocycles. The molecule has 0 aliphatic carbocycles. The number of benzene rings is 3. The van der Waals surface area contributed by atoms with Crippen molar-refractivity contribution >= 4 is 57.2 Å². The maximum Gasteiger partial charge on any atom is 0.318 e. The number of amides is 4. The monoisotopic (exact) mass is 1140 g/mol. The summed E-state index contributed by atoms with van der Waals surface area (Å²) in [6.45, 7) is 16.5. The van der Waals surface area contributed by atoms with E-state index >= 15 is 0 Å². The number of thiazole rings is 1. The minimum absolute atomic E-state index is 0.0442. The Bertz CT molecular complexity index is 3100. The van der Waals surface area contributed by atoms with Gasteiger partial charge in [0.05, 0.1) is 91.5 Å². The number of hydrogen-bond donors (Lipinski definition) is 5. The van der Waals surface area contributed by atoms with E-state index < -0.39 is 41.5 Å². The highest BCUT2D eigenvalue weighted by atomic mass is 32.1. The van der Waals surface area contributed by atoms with Crippen LogP contribution in [0.25, 0.3) is 21.2 Å². The highest BCUT2D eigenvalue weighted by molar-refractivity contribution is 7.13. The number of nitrogens with one attached hydrogen (secondary N) is 3.